The molecular weight excluding hydrogens is 437 g/mol. The zero-order chi connectivity index (χ0) is 21.4. The number of sulfonamides is 1. The SMILES string of the molecule is NS(=O)(=O)c1ccc(Nc2ncc3cc(OS(=O)(=O)C(F)(F)F)ccc3n2)cc1. The number of nitrogens with one attached hydrogen (secondary N) is 1. The molecule has 2 aromatic carbocycles. The third kappa shape index (κ3) is 4.72. The normalized spacial score (nSPS) is 12.7. The molecule has 9 nitrogen and oxygen atoms in total. The van der Waals surface area contributed by atoms with Crippen molar-refractivity contribution < 1.29 is 34.2 Å². The number of anilines is 2. The van der Waals surface area contributed by atoms with Gasteiger partial charge >= 0.3 is 15.6 Å². The predicted molar refractivity (Wildman–Crippen MR) is 96.2 cm³/mol. The molecule has 3 rings (SSSR count). The first-order valence-corrected chi connectivity index (χ1v) is 10.5. The van der Waals surface area contributed by atoms with E-state index in [0.717, 1.165) is 12.1 Å². The van der Waals surface area contributed by atoms with Crippen LogP contribution >= 0.6 is 0 Å². The molecule has 0 atom stereocenters. The Morgan fingerprint density at radius 3 is 2.24 bits per heavy atom. The van der Waals surface area contributed by atoms with Gasteiger partial charge in [0.25, 0.3) is 0 Å². The van der Waals surface area contributed by atoms with Crippen LogP contribution in [-0.4, -0.2) is 32.3 Å². The van der Waals surface area contributed by atoms with E-state index in [1.807, 2.05) is 0 Å². The monoisotopic (exact) mass is 448 g/mol. The average molecular weight is 448 g/mol. The zero-order valence-corrected chi connectivity index (χ0v) is 15.7. The van der Waals surface area contributed by atoms with E-state index in [1.54, 1.807) is 0 Å². The van der Waals surface area contributed by atoms with E-state index in [2.05, 4.69) is 19.5 Å². The first kappa shape index (κ1) is 20.8. The van der Waals surface area contributed by atoms with Gasteiger partial charge in [-0.25, -0.2) is 23.5 Å². The number of alkyl halides is 3. The maximum absolute atomic E-state index is 12.4. The van der Waals surface area contributed by atoms with Crippen LogP contribution in [0.25, 0.3) is 10.9 Å². The van der Waals surface area contributed by atoms with Gasteiger partial charge in [0, 0.05) is 17.3 Å². The second kappa shape index (κ2) is 7.13. The maximum Gasteiger partial charge on any atom is 0.534 e. The summed E-state index contributed by atoms with van der Waals surface area (Å²) in [6, 6.07) is 8.76. The van der Waals surface area contributed by atoms with Gasteiger partial charge in [0.2, 0.25) is 16.0 Å². The highest BCUT2D eigenvalue weighted by Crippen LogP contribution is 2.28. The molecule has 0 aliphatic carbocycles. The van der Waals surface area contributed by atoms with E-state index in [4.69, 9.17) is 5.14 Å². The lowest BCUT2D eigenvalue weighted by atomic mass is 10.2. The lowest BCUT2D eigenvalue weighted by molar-refractivity contribution is -0.0500. The van der Waals surface area contributed by atoms with Crippen LogP contribution in [0.2, 0.25) is 0 Å². The van der Waals surface area contributed by atoms with Gasteiger partial charge in [-0.05, 0) is 42.5 Å². The van der Waals surface area contributed by atoms with Gasteiger partial charge in [0.15, 0.2) is 0 Å². The first-order chi connectivity index (χ1) is 13.3. The van der Waals surface area contributed by atoms with Gasteiger partial charge in [-0.2, -0.15) is 21.6 Å². The molecule has 29 heavy (non-hydrogen) atoms. The lowest BCUT2D eigenvalue weighted by Gasteiger charge is -2.10. The van der Waals surface area contributed by atoms with Crippen molar-refractivity contribution in [3.63, 3.8) is 0 Å². The molecule has 0 unspecified atom stereocenters. The van der Waals surface area contributed by atoms with Crippen LogP contribution in [0.15, 0.2) is 53.6 Å². The van der Waals surface area contributed by atoms with Crippen molar-refractivity contribution in [2.45, 2.75) is 10.4 Å². The van der Waals surface area contributed by atoms with Gasteiger partial charge in [-0.3, -0.25) is 0 Å². The molecule has 0 spiro atoms. The van der Waals surface area contributed by atoms with Crippen LogP contribution in [0, 0.1) is 0 Å². The first-order valence-electron chi connectivity index (χ1n) is 7.53. The number of hydrogen-bond acceptors (Lipinski definition) is 8. The summed E-state index contributed by atoms with van der Waals surface area (Å²) < 4.78 is 85.9. The molecule has 3 N–H and O–H groups in total. The Morgan fingerprint density at radius 1 is 1.00 bits per heavy atom. The molecule has 0 amide bonds. The molecule has 14 heteroatoms. The Balaban J connectivity index is 1.82. The van der Waals surface area contributed by atoms with Gasteiger partial charge in [-0.15, -0.1) is 0 Å². The van der Waals surface area contributed by atoms with Crippen molar-refractivity contribution in [1.82, 2.24) is 9.97 Å². The highest BCUT2D eigenvalue weighted by molar-refractivity contribution is 7.89. The largest absolute Gasteiger partial charge is 0.534 e. The second-order valence-electron chi connectivity index (χ2n) is 5.59. The molecular formula is C15H11F3N4O5S2. The van der Waals surface area contributed by atoms with Crippen molar-refractivity contribution in [2.24, 2.45) is 5.14 Å². The van der Waals surface area contributed by atoms with Crippen LogP contribution in [0.4, 0.5) is 24.8 Å². The predicted octanol–water partition coefficient (Wildman–Crippen LogP) is 2.25. The standard InChI is InChI=1S/C15H11F3N4O5S2/c16-15(17,18)29(25,26)27-11-3-6-13-9(7-11)8-20-14(22-13)21-10-1-4-12(5-2-10)28(19,23)24/h1-8H,(H2,19,23,24)(H,20,21,22). The van der Waals surface area contributed by atoms with Gasteiger partial charge in [0.05, 0.1) is 10.4 Å². The summed E-state index contributed by atoms with van der Waals surface area (Å²) in [4.78, 5) is 8.02. The van der Waals surface area contributed by atoms with E-state index in [1.165, 1.54) is 36.5 Å². The molecule has 0 radical (unpaired) electrons. The lowest BCUT2D eigenvalue weighted by Crippen LogP contribution is -2.28. The molecule has 0 bridgehead atoms. The van der Waals surface area contributed by atoms with E-state index < -0.39 is 31.4 Å². The number of nitrogens with zero attached hydrogens (tertiary/aromatic N) is 2. The Hall–Kier alpha value is -2.97. The summed E-state index contributed by atoms with van der Waals surface area (Å²) in [5, 5.41) is 8.06. The molecule has 3 aromatic rings. The van der Waals surface area contributed by atoms with E-state index in [0.29, 0.717) is 11.2 Å². The van der Waals surface area contributed by atoms with E-state index in [9.17, 15) is 30.0 Å². The van der Waals surface area contributed by atoms with Crippen LogP contribution in [-0.2, 0) is 20.1 Å². The molecule has 0 fully saturated rings. The van der Waals surface area contributed by atoms with Crippen LogP contribution in [0.5, 0.6) is 5.75 Å². The van der Waals surface area contributed by atoms with Crippen molar-refractivity contribution in [1.29, 1.82) is 0 Å². The fourth-order valence-corrected chi connectivity index (χ4v) is 3.12. The van der Waals surface area contributed by atoms with Gasteiger partial charge in [0.1, 0.15) is 5.75 Å². The number of benzene rings is 2. The smallest absolute Gasteiger partial charge is 0.376 e. The fourth-order valence-electron chi connectivity index (χ4n) is 2.15. The van der Waals surface area contributed by atoms with Crippen molar-refractivity contribution in [3.05, 3.63) is 48.7 Å². The third-order valence-corrected chi connectivity index (χ3v) is 5.39. The van der Waals surface area contributed by atoms with E-state index in [-0.39, 0.29) is 16.2 Å². The second-order valence-corrected chi connectivity index (χ2v) is 8.69. The van der Waals surface area contributed by atoms with Crippen molar-refractivity contribution >= 4 is 42.7 Å². The van der Waals surface area contributed by atoms with E-state index >= 15 is 0 Å². The Labute approximate surface area is 162 Å². The molecule has 0 saturated heterocycles. The minimum Gasteiger partial charge on any atom is -0.376 e. The summed E-state index contributed by atoms with van der Waals surface area (Å²) in [7, 11) is -9.62. The highest BCUT2D eigenvalue weighted by atomic mass is 32.2. The fraction of sp³-hybridized carbons (Fsp3) is 0.0667. The molecule has 0 aliphatic heterocycles. The summed E-state index contributed by atoms with van der Waals surface area (Å²) in [5.74, 6) is -0.435. The maximum atomic E-state index is 12.4. The Morgan fingerprint density at radius 2 is 1.66 bits per heavy atom. The quantitative estimate of drug-likeness (QED) is 0.447. The number of nitrogens with two attached hydrogens (primary N) is 1. The molecule has 0 aliphatic rings. The number of aromatic nitrogens is 2. The summed E-state index contributed by atoms with van der Waals surface area (Å²) in [5.41, 5.74) is -4.81. The summed E-state index contributed by atoms with van der Waals surface area (Å²) in [6.07, 6.45) is 1.25. The van der Waals surface area contributed by atoms with Crippen molar-refractivity contribution in [2.75, 3.05) is 5.32 Å². The third-order valence-electron chi connectivity index (χ3n) is 3.48. The topological polar surface area (TPSA) is 141 Å². The van der Waals surface area contributed by atoms with Crippen LogP contribution in [0.1, 0.15) is 0 Å². The zero-order valence-electron chi connectivity index (χ0n) is 14.1. The van der Waals surface area contributed by atoms with Crippen molar-refractivity contribution in [3.8, 4) is 5.75 Å². The summed E-state index contributed by atoms with van der Waals surface area (Å²) in [6.45, 7) is 0. The number of primary sulfonamides is 1. The number of rotatable bonds is 5. The Bertz CT molecular complexity index is 1280. The number of halogens is 3. The van der Waals surface area contributed by atoms with Gasteiger partial charge < -0.3 is 9.50 Å². The Kier molecular flexibility index (Phi) is 5.10. The minimum absolute atomic E-state index is 0.0798. The van der Waals surface area contributed by atoms with Crippen LogP contribution < -0.4 is 14.6 Å². The average Bonchev–Trinajstić information content (AvgIpc) is 2.60. The number of fused-ring (bicyclic) bond motifs is 1. The van der Waals surface area contributed by atoms with Gasteiger partial charge in [-0.1, -0.05) is 0 Å². The molecule has 1 aromatic heterocycles. The molecule has 154 valence electrons. The minimum atomic E-state index is -5.79. The summed E-state index contributed by atoms with van der Waals surface area (Å²) >= 11 is 0. The number of hydrogen-bond donors (Lipinski definition) is 2. The molecule has 0 saturated carbocycles. The van der Waals surface area contributed by atoms with Crippen LogP contribution in [0.3, 0.4) is 0 Å². The highest BCUT2D eigenvalue weighted by Gasteiger charge is 2.48. The molecule has 1 heterocycles.